The van der Waals surface area contributed by atoms with Crippen LogP contribution in [-0.2, 0) is 6.18 Å². The fourth-order valence-corrected chi connectivity index (χ4v) is 1.36. The third-order valence-corrected chi connectivity index (χ3v) is 2.15. The van der Waals surface area contributed by atoms with Crippen LogP contribution in [0.4, 0.5) is 18.9 Å². The first-order valence-corrected chi connectivity index (χ1v) is 5.06. The van der Waals surface area contributed by atoms with Crippen LogP contribution in [0.2, 0.25) is 0 Å². The van der Waals surface area contributed by atoms with Crippen molar-refractivity contribution in [2.45, 2.75) is 6.18 Å². The van der Waals surface area contributed by atoms with Crippen LogP contribution in [0, 0.1) is 0 Å². The molecule has 0 bridgehead atoms. The zero-order valence-corrected chi connectivity index (χ0v) is 9.11. The Morgan fingerprint density at radius 3 is 2.56 bits per heavy atom. The van der Waals surface area contributed by atoms with E-state index in [2.05, 4.69) is 10.5 Å². The number of benzene rings is 1. The van der Waals surface area contributed by atoms with Gasteiger partial charge in [0.05, 0.1) is 23.7 Å². The molecule has 0 saturated heterocycles. The number of hydrogen-bond acceptors (Lipinski definition) is 3. The summed E-state index contributed by atoms with van der Waals surface area (Å²) in [4.78, 5) is 0. The van der Waals surface area contributed by atoms with Gasteiger partial charge in [-0.05, 0) is 24.3 Å². The molecule has 0 saturated carbocycles. The Bertz CT molecular complexity index is 533. The molecule has 3 nitrogen and oxygen atoms in total. The van der Waals surface area contributed by atoms with Crippen LogP contribution in [0.3, 0.4) is 0 Å². The topological polar surface area (TPSA) is 37.5 Å². The molecule has 0 unspecified atom stereocenters. The van der Waals surface area contributed by atoms with Gasteiger partial charge < -0.3 is 4.42 Å². The highest BCUT2D eigenvalue weighted by Gasteiger charge is 2.33. The molecule has 2 aromatic rings. The molecule has 18 heavy (non-hydrogen) atoms. The summed E-state index contributed by atoms with van der Waals surface area (Å²) in [5.74, 6) is 0.451. The average molecular weight is 254 g/mol. The van der Waals surface area contributed by atoms with Crippen molar-refractivity contribution in [3.8, 4) is 0 Å². The molecule has 1 aromatic heterocycles. The highest BCUT2D eigenvalue weighted by molar-refractivity contribution is 5.76. The lowest BCUT2D eigenvalue weighted by Gasteiger charge is -2.11. The molecule has 1 heterocycles. The minimum Gasteiger partial charge on any atom is -0.463 e. The zero-order chi connectivity index (χ0) is 13.0. The minimum absolute atomic E-state index is 0.104. The van der Waals surface area contributed by atoms with Crippen LogP contribution < -0.4 is 5.43 Å². The van der Waals surface area contributed by atoms with Gasteiger partial charge in [0, 0.05) is 0 Å². The summed E-state index contributed by atoms with van der Waals surface area (Å²) in [5, 5.41) is 3.69. The molecule has 1 aromatic carbocycles. The Kier molecular flexibility index (Phi) is 3.36. The van der Waals surface area contributed by atoms with Crippen molar-refractivity contribution in [2.24, 2.45) is 5.10 Å². The highest BCUT2D eigenvalue weighted by atomic mass is 19.4. The number of para-hydroxylation sites is 1. The maximum absolute atomic E-state index is 12.6. The quantitative estimate of drug-likeness (QED) is 0.669. The lowest BCUT2D eigenvalue weighted by atomic mass is 10.2. The van der Waals surface area contributed by atoms with E-state index in [1.807, 2.05) is 0 Å². The van der Waals surface area contributed by atoms with E-state index in [9.17, 15) is 13.2 Å². The standard InChI is InChI=1S/C12H9F3N2O/c13-12(14,15)10-5-1-2-6-11(10)17-16-8-9-4-3-7-18-9/h1-8,17H/b16-8-. The number of anilines is 1. The summed E-state index contributed by atoms with van der Waals surface area (Å²) in [6.07, 6.45) is -1.66. The molecule has 0 radical (unpaired) electrons. The molecule has 2 rings (SSSR count). The number of hydrogen-bond donors (Lipinski definition) is 1. The first-order chi connectivity index (χ1) is 8.57. The second-order valence-electron chi connectivity index (χ2n) is 3.43. The van der Waals surface area contributed by atoms with E-state index in [0.717, 1.165) is 6.07 Å². The molecule has 0 amide bonds. The molecule has 0 aliphatic rings. The summed E-state index contributed by atoms with van der Waals surface area (Å²) < 4.78 is 42.9. The Balaban J connectivity index is 2.15. The van der Waals surface area contributed by atoms with Crippen LogP contribution in [0.25, 0.3) is 0 Å². The maximum Gasteiger partial charge on any atom is 0.418 e. The van der Waals surface area contributed by atoms with E-state index in [1.54, 1.807) is 12.1 Å². The van der Waals surface area contributed by atoms with Gasteiger partial charge in [0.1, 0.15) is 5.76 Å². The molecule has 0 atom stereocenters. The van der Waals surface area contributed by atoms with E-state index in [4.69, 9.17) is 4.42 Å². The van der Waals surface area contributed by atoms with E-state index in [-0.39, 0.29) is 5.69 Å². The zero-order valence-electron chi connectivity index (χ0n) is 9.11. The van der Waals surface area contributed by atoms with Gasteiger partial charge in [0.25, 0.3) is 0 Å². The van der Waals surface area contributed by atoms with Crippen molar-refractivity contribution in [2.75, 3.05) is 5.43 Å². The Labute approximate surface area is 101 Å². The normalized spacial score (nSPS) is 11.9. The number of nitrogens with one attached hydrogen (secondary N) is 1. The van der Waals surface area contributed by atoms with Crippen LogP contribution >= 0.6 is 0 Å². The number of hydrazone groups is 1. The first-order valence-electron chi connectivity index (χ1n) is 5.06. The van der Waals surface area contributed by atoms with Crippen molar-refractivity contribution < 1.29 is 17.6 Å². The number of furan rings is 1. The fourth-order valence-electron chi connectivity index (χ4n) is 1.36. The van der Waals surface area contributed by atoms with Crippen LogP contribution in [0.5, 0.6) is 0 Å². The van der Waals surface area contributed by atoms with Crippen molar-refractivity contribution in [1.82, 2.24) is 0 Å². The predicted molar refractivity (Wildman–Crippen MR) is 61.4 cm³/mol. The lowest BCUT2D eigenvalue weighted by molar-refractivity contribution is -0.136. The summed E-state index contributed by atoms with van der Waals surface area (Å²) in [7, 11) is 0. The Hall–Kier alpha value is -2.24. The van der Waals surface area contributed by atoms with Crippen molar-refractivity contribution in [1.29, 1.82) is 0 Å². The summed E-state index contributed by atoms with van der Waals surface area (Å²) in [6, 6.07) is 8.42. The molecule has 6 heteroatoms. The van der Waals surface area contributed by atoms with Gasteiger partial charge in [0.15, 0.2) is 0 Å². The van der Waals surface area contributed by atoms with E-state index < -0.39 is 11.7 Å². The summed E-state index contributed by atoms with van der Waals surface area (Å²) in [6.45, 7) is 0. The highest BCUT2D eigenvalue weighted by Crippen LogP contribution is 2.34. The van der Waals surface area contributed by atoms with Crippen LogP contribution in [-0.4, -0.2) is 6.21 Å². The van der Waals surface area contributed by atoms with Gasteiger partial charge in [-0.2, -0.15) is 18.3 Å². The predicted octanol–water partition coefficient (Wildman–Crippen LogP) is 3.74. The second-order valence-corrected chi connectivity index (χ2v) is 3.43. The number of alkyl halides is 3. The molecular formula is C12H9F3N2O. The van der Waals surface area contributed by atoms with Gasteiger partial charge in [-0.25, -0.2) is 0 Å². The third-order valence-electron chi connectivity index (χ3n) is 2.15. The third kappa shape index (κ3) is 2.91. The SMILES string of the molecule is FC(F)(F)c1ccccc1N/N=C\c1ccco1. The van der Waals surface area contributed by atoms with Crippen LogP contribution in [0.15, 0.2) is 52.2 Å². The molecule has 0 aliphatic carbocycles. The van der Waals surface area contributed by atoms with E-state index >= 15 is 0 Å². The van der Waals surface area contributed by atoms with Crippen LogP contribution in [0.1, 0.15) is 11.3 Å². The van der Waals surface area contributed by atoms with Crippen molar-refractivity contribution in [3.63, 3.8) is 0 Å². The van der Waals surface area contributed by atoms with Gasteiger partial charge >= 0.3 is 6.18 Å². The van der Waals surface area contributed by atoms with Gasteiger partial charge in [-0.3, -0.25) is 5.43 Å². The minimum atomic E-state index is -4.41. The smallest absolute Gasteiger partial charge is 0.418 e. The molecule has 0 aliphatic heterocycles. The average Bonchev–Trinajstić information content (AvgIpc) is 2.81. The summed E-state index contributed by atoms with van der Waals surface area (Å²) >= 11 is 0. The molecule has 0 spiro atoms. The summed E-state index contributed by atoms with van der Waals surface area (Å²) in [5.41, 5.74) is 1.48. The van der Waals surface area contributed by atoms with Crippen molar-refractivity contribution in [3.05, 3.63) is 54.0 Å². The van der Waals surface area contributed by atoms with Gasteiger partial charge in [0.2, 0.25) is 0 Å². The number of rotatable bonds is 3. The Morgan fingerprint density at radius 1 is 1.11 bits per heavy atom. The maximum atomic E-state index is 12.6. The van der Waals surface area contributed by atoms with Gasteiger partial charge in [-0.15, -0.1) is 0 Å². The fraction of sp³-hybridized carbons (Fsp3) is 0.0833. The van der Waals surface area contributed by atoms with Crippen molar-refractivity contribution >= 4 is 11.9 Å². The molecular weight excluding hydrogens is 245 g/mol. The molecule has 94 valence electrons. The lowest BCUT2D eigenvalue weighted by Crippen LogP contribution is -2.08. The largest absolute Gasteiger partial charge is 0.463 e. The van der Waals surface area contributed by atoms with Gasteiger partial charge in [-0.1, -0.05) is 12.1 Å². The van der Waals surface area contributed by atoms with E-state index in [0.29, 0.717) is 5.76 Å². The second kappa shape index (κ2) is 4.95. The molecule has 0 fully saturated rings. The number of nitrogens with zero attached hydrogens (tertiary/aromatic N) is 1. The first kappa shape index (κ1) is 12.2. The monoisotopic (exact) mass is 254 g/mol. The number of halogens is 3. The van der Waals surface area contributed by atoms with E-state index in [1.165, 1.54) is 30.7 Å². The Morgan fingerprint density at radius 2 is 1.89 bits per heavy atom. The molecule has 1 N–H and O–H groups in total.